The van der Waals surface area contributed by atoms with Gasteiger partial charge in [-0.15, -0.1) is 0 Å². The van der Waals surface area contributed by atoms with Gasteiger partial charge in [-0.05, 0) is 62.7 Å². The topological polar surface area (TPSA) is 81.1 Å². The minimum Gasteiger partial charge on any atom is -0.507 e. The highest BCUT2D eigenvalue weighted by Gasteiger charge is 2.22. The third-order valence-electron chi connectivity index (χ3n) is 7.22. The van der Waals surface area contributed by atoms with Crippen molar-refractivity contribution in [2.24, 2.45) is 4.99 Å². The van der Waals surface area contributed by atoms with Crippen LogP contribution in [0.1, 0.15) is 23.2 Å². The predicted octanol–water partition coefficient (Wildman–Crippen LogP) is 4.26. The first-order valence-corrected chi connectivity index (χ1v) is 12.8. The number of phenolic OH excluding ortho intramolecular Hbond substituents is 1. The number of aromatic nitrogens is 1. The van der Waals surface area contributed by atoms with Gasteiger partial charge in [0.1, 0.15) is 5.75 Å². The van der Waals surface area contributed by atoms with Crippen LogP contribution in [-0.4, -0.2) is 77.8 Å². The number of phenols is 1. The molecule has 7 heteroatoms. The summed E-state index contributed by atoms with van der Waals surface area (Å²) < 4.78 is 0. The number of allylic oxidation sites excluding steroid dienone is 1. The number of piperidine rings is 1. The molecule has 2 N–H and O–H groups in total. The summed E-state index contributed by atoms with van der Waals surface area (Å²) in [5, 5.41) is 15.8. The van der Waals surface area contributed by atoms with Crippen LogP contribution in [0.4, 0.5) is 0 Å². The van der Waals surface area contributed by atoms with E-state index in [9.17, 15) is 9.90 Å². The lowest BCUT2D eigenvalue weighted by Gasteiger charge is -2.37. The molecule has 0 unspecified atom stereocenters. The number of hydrogen-bond acceptors (Lipinski definition) is 7. The van der Waals surface area contributed by atoms with Crippen LogP contribution in [0.25, 0.3) is 21.9 Å². The zero-order valence-corrected chi connectivity index (χ0v) is 21.4. The highest BCUT2D eigenvalue weighted by atomic mass is 16.3. The molecule has 37 heavy (non-hydrogen) atoms. The van der Waals surface area contributed by atoms with Gasteiger partial charge >= 0.3 is 0 Å². The Bertz CT molecular complexity index is 1380. The van der Waals surface area contributed by atoms with E-state index in [0.717, 1.165) is 42.3 Å². The second-order valence-electron chi connectivity index (χ2n) is 9.75. The van der Waals surface area contributed by atoms with Crippen LogP contribution in [0.5, 0.6) is 5.75 Å². The van der Waals surface area contributed by atoms with Gasteiger partial charge in [-0.2, -0.15) is 0 Å². The van der Waals surface area contributed by atoms with E-state index in [-0.39, 0.29) is 11.5 Å². The quantitative estimate of drug-likeness (QED) is 0.515. The number of carbonyl (C=O) groups excluding carboxylic acids is 1. The van der Waals surface area contributed by atoms with Crippen LogP contribution in [0, 0.1) is 0 Å². The van der Waals surface area contributed by atoms with Crippen molar-refractivity contribution in [2.45, 2.75) is 18.9 Å². The number of benzene rings is 2. The van der Waals surface area contributed by atoms with Crippen molar-refractivity contribution in [1.29, 1.82) is 0 Å². The van der Waals surface area contributed by atoms with E-state index >= 15 is 0 Å². The number of fused-ring (bicyclic) bond motifs is 1. The number of rotatable bonds is 5. The van der Waals surface area contributed by atoms with E-state index in [1.54, 1.807) is 30.6 Å². The van der Waals surface area contributed by atoms with Crippen LogP contribution >= 0.6 is 0 Å². The zero-order valence-electron chi connectivity index (χ0n) is 21.4. The monoisotopic (exact) mass is 495 g/mol. The minimum absolute atomic E-state index is 0.104. The summed E-state index contributed by atoms with van der Waals surface area (Å²) in [4.78, 5) is 27.1. The maximum Gasteiger partial charge on any atom is 0.227 e. The summed E-state index contributed by atoms with van der Waals surface area (Å²) >= 11 is 0. The third-order valence-corrected chi connectivity index (χ3v) is 7.22. The number of Topliss-reactive ketones (excluding diaryl/α,β-unsaturated/α-hetero) is 1. The molecule has 0 bridgehead atoms. The smallest absolute Gasteiger partial charge is 0.227 e. The van der Waals surface area contributed by atoms with Gasteiger partial charge in [0.15, 0.2) is 5.84 Å². The summed E-state index contributed by atoms with van der Waals surface area (Å²) in [5.74, 6) is 0.222. The van der Waals surface area contributed by atoms with Gasteiger partial charge in [0.2, 0.25) is 5.78 Å². The van der Waals surface area contributed by atoms with Crippen molar-refractivity contribution in [1.82, 2.24) is 20.1 Å². The number of pyridine rings is 1. The average Bonchev–Trinajstić information content (AvgIpc) is 3.05. The first-order chi connectivity index (χ1) is 18.0. The van der Waals surface area contributed by atoms with Gasteiger partial charge in [0.25, 0.3) is 0 Å². The zero-order chi connectivity index (χ0) is 25.8. The number of ketones is 1. The fourth-order valence-corrected chi connectivity index (χ4v) is 5.08. The van der Waals surface area contributed by atoms with Crippen molar-refractivity contribution in [3.05, 3.63) is 84.3 Å². The predicted molar refractivity (Wildman–Crippen MR) is 149 cm³/mol. The van der Waals surface area contributed by atoms with E-state index in [4.69, 9.17) is 0 Å². The molecular formula is C30H33N5O2. The Morgan fingerprint density at radius 1 is 1.08 bits per heavy atom. The summed E-state index contributed by atoms with van der Waals surface area (Å²) in [6.07, 6.45) is 12.0. The molecule has 3 heterocycles. The van der Waals surface area contributed by atoms with E-state index < -0.39 is 0 Å². The molecule has 1 fully saturated rings. The van der Waals surface area contributed by atoms with Crippen molar-refractivity contribution in [3.8, 4) is 16.9 Å². The Balaban J connectivity index is 1.34. The number of nitrogens with zero attached hydrogens (tertiary/aromatic N) is 4. The number of aromatic hydroxyl groups is 1. The van der Waals surface area contributed by atoms with Gasteiger partial charge in [-0.25, -0.2) is 0 Å². The maximum atomic E-state index is 13.5. The summed E-state index contributed by atoms with van der Waals surface area (Å²) in [5.41, 5.74) is 2.99. The van der Waals surface area contributed by atoms with E-state index in [1.807, 2.05) is 30.3 Å². The van der Waals surface area contributed by atoms with Crippen molar-refractivity contribution in [3.63, 3.8) is 0 Å². The fourth-order valence-electron chi connectivity index (χ4n) is 5.08. The first-order valence-electron chi connectivity index (χ1n) is 12.8. The Hall–Kier alpha value is -3.97. The molecule has 0 atom stereocenters. The molecule has 0 spiro atoms. The summed E-state index contributed by atoms with van der Waals surface area (Å²) in [6, 6.07) is 13.4. The van der Waals surface area contributed by atoms with Crippen molar-refractivity contribution >= 4 is 22.4 Å². The molecule has 1 aromatic heterocycles. The number of carbonyl (C=O) groups is 1. The van der Waals surface area contributed by atoms with Gasteiger partial charge in [-0.3, -0.25) is 14.8 Å². The molecule has 2 aromatic carbocycles. The molecule has 3 aromatic rings. The molecule has 7 nitrogen and oxygen atoms in total. The molecule has 0 radical (unpaired) electrons. The van der Waals surface area contributed by atoms with Gasteiger partial charge in [0.05, 0.1) is 6.54 Å². The average molecular weight is 496 g/mol. The molecule has 0 aliphatic carbocycles. The van der Waals surface area contributed by atoms with Crippen molar-refractivity contribution in [2.75, 3.05) is 40.3 Å². The van der Waals surface area contributed by atoms with Crippen LogP contribution in [-0.2, 0) is 0 Å². The fraction of sp³-hybridized carbons (Fsp3) is 0.300. The highest BCUT2D eigenvalue weighted by molar-refractivity contribution is 6.45. The second-order valence-corrected chi connectivity index (χ2v) is 9.75. The van der Waals surface area contributed by atoms with Crippen LogP contribution in [0.15, 0.2) is 83.8 Å². The Kier molecular flexibility index (Phi) is 7.32. The normalized spacial score (nSPS) is 18.4. The van der Waals surface area contributed by atoms with E-state index in [0.29, 0.717) is 36.1 Å². The first kappa shape index (κ1) is 24.7. The largest absolute Gasteiger partial charge is 0.507 e. The lowest BCUT2D eigenvalue weighted by molar-refractivity contribution is 0.106. The van der Waals surface area contributed by atoms with Crippen LogP contribution in [0.3, 0.4) is 0 Å². The molecule has 1 saturated heterocycles. The standard InChI is InChI=1S/C30H33N5O2/c1-34(2)23-12-16-35(17-13-23)24-7-5-14-32-30(33-15-11-24)29(37)21-9-10-28(36)26(18-21)27-20-31-19-22-6-3-4-8-25(22)27/h3-11,18-20,23,36H,12-17H2,1-2H3,(H,32,33)/b7-5?,24-11+. The van der Waals surface area contributed by atoms with E-state index in [1.165, 1.54) is 5.70 Å². The Morgan fingerprint density at radius 3 is 2.70 bits per heavy atom. The molecular weight excluding hydrogens is 462 g/mol. The van der Waals surface area contributed by atoms with Gasteiger partial charge in [0, 0.05) is 65.8 Å². The molecule has 5 rings (SSSR count). The van der Waals surface area contributed by atoms with E-state index in [2.05, 4.69) is 51.3 Å². The van der Waals surface area contributed by atoms with Crippen LogP contribution in [0.2, 0.25) is 0 Å². The van der Waals surface area contributed by atoms with Gasteiger partial charge in [-0.1, -0.05) is 30.3 Å². The second kappa shape index (κ2) is 11.0. The minimum atomic E-state index is -0.202. The molecule has 0 saturated carbocycles. The Morgan fingerprint density at radius 2 is 1.89 bits per heavy atom. The Labute approximate surface area is 217 Å². The maximum absolute atomic E-state index is 13.5. The summed E-state index contributed by atoms with van der Waals surface area (Å²) in [7, 11) is 4.30. The highest BCUT2D eigenvalue weighted by Crippen LogP contribution is 2.34. The SMILES string of the molecule is CN(C)C1CCN(/C2=C/CNC(C(=O)c3ccc(O)c(-c4cncc5ccccc45)c3)=NCC=C2)CC1. The molecule has 2 aliphatic heterocycles. The lowest BCUT2D eigenvalue weighted by Crippen LogP contribution is -2.41. The van der Waals surface area contributed by atoms with Crippen molar-refractivity contribution < 1.29 is 9.90 Å². The third kappa shape index (κ3) is 5.42. The number of hydrogen-bond donors (Lipinski definition) is 2. The van der Waals surface area contributed by atoms with Gasteiger partial charge < -0.3 is 20.2 Å². The molecule has 190 valence electrons. The number of likely N-dealkylation sites (tertiary alicyclic amines) is 1. The number of aliphatic imine (C=N–C) groups is 1. The lowest BCUT2D eigenvalue weighted by atomic mass is 9.97. The van der Waals surface area contributed by atoms with Crippen LogP contribution < -0.4 is 5.32 Å². The molecule has 0 amide bonds. The summed E-state index contributed by atoms with van der Waals surface area (Å²) in [6.45, 7) is 2.96. The molecule has 2 aliphatic rings. The number of nitrogens with one attached hydrogen (secondary N) is 1. The number of amidine groups is 1.